The van der Waals surface area contributed by atoms with Gasteiger partial charge in [-0.2, -0.15) is 4.98 Å². The van der Waals surface area contributed by atoms with E-state index in [0.717, 1.165) is 0 Å². The number of aromatic nitrogens is 2. The van der Waals surface area contributed by atoms with Gasteiger partial charge in [0.05, 0.1) is 12.7 Å². The smallest absolute Gasteiger partial charge is 0.351 e. The van der Waals surface area contributed by atoms with Crippen LogP contribution >= 0.6 is 0 Å². The normalized spacial score (nSPS) is 27.6. The second kappa shape index (κ2) is 5.05. The Morgan fingerprint density at radius 1 is 1.72 bits per heavy atom. The van der Waals surface area contributed by atoms with Crippen LogP contribution in [0.3, 0.4) is 0 Å². The lowest BCUT2D eigenvalue weighted by molar-refractivity contribution is -0.0582. The number of nitrogens with two attached hydrogens (primary N) is 1. The van der Waals surface area contributed by atoms with E-state index in [9.17, 15) is 9.90 Å². The van der Waals surface area contributed by atoms with E-state index < -0.39 is 18.0 Å². The maximum atomic E-state index is 11.7. The van der Waals surface area contributed by atoms with Crippen molar-refractivity contribution in [2.45, 2.75) is 31.8 Å². The topological polar surface area (TPSA) is 99.6 Å². The number of hydrogen-bond acceptors (Lipinski definition) is 6. The van der Waals surface area contributed by atoms with E-state index in [-0.39, 0.29) is 11.9 Å². The van der Waals surface area contributed by atoms with E-state index in [2.05, 4.69) is 4.98 Å². The number of aryl methyl sites for hydroxylation is 1. The predicted octanol–water partition coefficient (Wildman–Crippen LogP) is -0.571. The van der Waals surface area contributed by atoms with Crippen molar-refractivity contribution >= 4 is 5.82 Å². The van der Waals surface area contributed by atoms with Crippen molar-refractivity contribution in [2.75, 3.05) is 19.5 Å². The molecule has 0 amide bonds. The first kappa shape index (κ1) is 13.0. The quantitative estimate of drug-likeness (QED) is 0.750. The van der Waals surface area contributed by atoms with Crippen LogP contribution in [-0.2, 0) is 9.47 Å². The van der Waals surface area contributed by atoms with Gasteiger partial charge in [0.25, 0.3) is 0 Å². The molecule has 0 radical (unpaired) electrons. The Labute approximate surface area is 104 Å². The lowest BCUT2D eigenvalue weighted by atomic mass is 10.2. The zero-order valence-corrected chi connectivity index (χ0v) is 10.4. The van der Waals surface area contributed by atoms with Gasteiger partial charge >= 0.3 is 5.69 Å². The minimum Gasteiger partial charge on any atom is -0.388 e. The summed E-state index contributed by atoms with van der Waals surface area (Å²) in [6.07, 6.45) is 0.263. The van der Waals surface area contributed by atoms with E-state index in [1.165, 1.54) is 4.57 Å². The molecule has 2 rings (SSSR count). The summed E-state index contributed by atoms with van der Waals surface area (Å²) in [5, 5.41) is 9.92. The third-order valence-corrected chi connectivity index (χ3v) is 2.97. The maximum absolute atomic E-state index is 11.7. The van der Waals surface area contributed by atoms with Crippen molar-refractivity contribution in [3.8, 4) is 0 Å². The van der Waals surface area contributed by atoms with Crippen LogP contribution in [0.15, 0.2) is 11.0 Å². The van der Waals surface area contributed by atoms with Crippen LogP contribution < -0.4 is 11.4 Å². The Hall–Kier alpha value is -1.44. The van der Waals surface area contributed by atoms with E-state index in [0.29, 0.717) is 18.6 Å². The summed E-state index contributed by atoms with van der Waals surface area (Å²) in [6, 6.07) is 0. The number of hydrogen-bond donors (Lipinski definition) is 2. The number of anilines is 1. The fourth-order valence-electron chi connectivity index (χ4n) is 2.03. The first-order valence-corrected chi connectivity index (χ1v) is 5.70. The minimum atomic E-state index is -0.757. The lowest BCUT2D eigenvalue weighted by Crippen LogP contribution is -2.32. The van der Waals surface area contributed by atoms with Gasteiger partial charge in [-0.25, -0.2) is 4.79 Å². The summed E-state index contributed by atoms with van der Waals surface area (Å²) in [5.74, 6) is 0.192. The number of aliphatic hydroxyl groups is 1. The SMILES string of the molecule is COCC1CC(O)C(n2cc(C)c(N)nc2=O)O1. The third-order valence-electron chi connectivity index (χ3n) is 2.97. The lowest BCUT2D eigenvalue weighted by Gasteiger charge is -2.18. The van der Waals surface area contributed by atoms with Gasteiger partial charge in [-0.1, -0.05) is 0 Å². The number of methoxy groups -OCH3 is 1. The summed E-state index contributed by atoms with van der Waals surface area (Å²) >= 11 is 0. The molecule has 3 atom stereocenters. The van der Waals surface area contributed by atoms with E-state index in [1.807, 2.05) is 0 Å². The Bertz CT molecular complexity index is 488. The van der Waals surface area contributed by atoms with Crippen molar-refractivity contribution in [3.63, 3.8) is 0 Å². The predicted molar refractivity (Wildman–Crippen MR) is 64.1 cm³/mol. The molecule has 0 bridgehead atoms. The van der Waals surface area contributed by atoms with Crippen LogP contribution in [0.1, 0.15) is 18.2 Å². The molecule has 0 spiro atoms. The molecule has 0 aliphatic carbocycles. The molecule has 7 heteroatoms. The molecular formula is C11H17N3O4. The summed E-state index contributed by atoms with van der Waals surface area (Å²) in [6.45, 7) is 2.12. The van der Waals surface area contributed by atoms with Crippen LogP contribution in [0.25, 0.3) is 0 Å². The standard InChI is InChI=1S/C11H17N3O4/c1-6-4-14(11(16)13-9(6)12)10-8(15)3-7(18-10)5-17-2/h4,7-8,10,15H,3,5H2,1-2H3,(H2,12,13,16). The van der Waals surface area contributed by atoms with Crippen LogP contribution in [0.5, 0.6) is 0 Å². The molecular weight excluding hydrogens is 238 g/mol. The summed E-state index contributed by atoms with van der Waals surface area (Å²) in [5.41, 5.74) is 5.69. The van der Waals surface area contributed by atoms with Crippen molar-refractivity contribution in [1.82, 2.24) is 9.55 Å². The fourth-order valence-corrected chi connectivity index (χ4v) is 2.03. The molecule has 3 unspecified atom stereocenters. The highest BCUT2D eigenvalue weighted by molar-refractivity contribution is 5.35. The largest absolute Gasteiger partial charge is 0.388 e. The van der Waals surface area contributed by atoms with Gasteiger partial charge in [0, 0.05) is 25.3 Å². The second-order valence-electron chi connectivity index (χ2n) is 4.41. The van der Waals surface area contributed by atoms with Crippen molar-refractivity contribution < 1.29 is 14.6 Å². The number of rotatable bonds is 3. The van der Waals surface area contributed by atoms with Gasteiger partial charge in [-0.3, -0.25) is 4.57 Å². The van der Waals surface area contributed by atoms with E-state index in [1.54, 1.807) is 20.2 Å². The number of aliphatic hydroxyl groups excluding tert-OH is 1. The third kappa shape index (κ3) is 2.38. The molecule has 1 aromatic rings. The average molecular weight is 255 g/mol. The van der Waals surface area contributed by atoms with Crippen molar-refractivity contribution in [2.24, 2.45) is 0 Å². The molecule has 7 nitrogen and oxygen atoms in total. The Morgan fingerprint density at radius 3 is 3.11 bits per heavy atom. The highest BCUT2D eigenvalue weighted by Gasteiger charge is 2.35. The van der Waals surface area contributed by atoms with Crippen LogP contribution in [0.2, 0.25) is 0 Å². The molecule has 1 aromatic heterocycles. The van der Waals surface area contributed by atoms with E-state index >= 15 is 0 Å². The molecule has 100 valence electrons. The summed E-state index contributed by atoms with van der Waals surface area (Å²) in [7, 11) is 1.56. The molecule has 2 heterocycles. The van der Waals surface area contributed by atoms with Crippen molar-refractivity contribution in [3.05, 3.63) is 22.2 Å². The van der Waals surface area contributed by atoms with Gasteiger partial charge in [0.15, 0.2) is 6.23 Å². The van der Waals surface area contributed by atoms with Gasteiger partial charge in [-0.05, 0) is 6.92 Å². The number of nitrogen functional groups attached to an aromatic ring is 1. The van der Waals surface area contributed by atoms with Crippen molar-refractivity contribution in [1.29, 1.82) is 0 Å². The average Bonchev–Trinajstić information content (AvgIpc) is 2.65. The Morgan fingerprint density at radius 2 is 2.44 bits per heavy atom. The number of ether oxygens (including phenoxy) is 2. The molecule has 1 aliphatic heterocycles. The zero-order chi connectivity index (χ0) is 13.3. The van der Waals surface area contributed by atoms with Gasteiger partial charge in [0.2, 0.25) is 0 Å². The highest BCUT2D eigenvalue weighted by Crippen LogP contribution is 2.28. The van der Waals surface area contributed by atoms with Crippen LogP contribution in [0, 0.1) is 6.92 Å². The van der Waals surface area contributed by atoms with Crippen LogP contribution in [-0.4, -0.2) is 40.6 Å². The molecule has 1 saturated heterocycles. The van der Waals surface area contributed by atoms with Gasteiger partial charge in [0.1, 0.15) is 11.9 Å². The van der Waals surface area contributed by atoms with E-state index in [4.69, 9.17) is 15.2 Å². The maximum Gasteiger partial charge on any atom is 0.351 e. The molecule has 1 fully saturated rings. The Kier molecular flexibility index (Phi) is 3.65. The molecule has 3 N–H and O–H groups in total. The number of nitrogens with zero attached hydrogens (tertiary/aromatic N) is 2. The minimum absolute atomic E-state index is 0.192. The molecule has 0 aromatic carbocycles. The monoisotopic (exact) mass is 255 g/mol. The molecule has 18 heavy (non-hydrogen) atoms. The summed E-state index contributed by atoms with van der Waals surface area (Å²) in [4.78, 5) is 15.4. The fraction of sp³-hybridized carbons (Fsp3) is 0.636. The van der Waals surface area contributed by atoms with Crippen LogP contribution in [0.4, 0.5) is 5.82 Å². The van der Waals surface area contributed by atoms with Gasteiger partial charge < -0.3 is 20.3 Å². The first-order chi connectivity index (χ1) is 8.52. The summed E-state index contributed by atoms with van der Waals surface area (Å²) < 4.78 is 11.8. The Balaban J connectivity index is 2.27. The highest BCUT2D eigenvalue weighted by atomic mass is 16.6. The second-order valence-corrected chi connectivity index (χ2v) is 4.41. The molecule has 1 aliphatic rings. The van der Waals surface area contributed by atoms with Gasteiger partial charge in [-0.15, -0.1) is 0 Å². The zero-order valence-electron chi connectivity index (χ0n) is 10.4. The first-order valence-electron chi connectivity index (χ1n) is 5.70. The molecule has 0 saturated carbocycles.